The Morgan fingerprint density at radius 3 is 2.62 bits per heavy atom. The highest BCUT2D eigenvalue weighted by atomic mass is 32.1. The topological polar surface area (TPSA) is 55.3 Å². The maximum absolute atomic E-state index is 11.8. The van der Waals surface area contributed by atoms with Gasteiger partial charge in [-0.25, -0.2) is 9.97 Å². The van der Waals surface area contributed by atoms with Crippen molar-refractivity contribution >= 4 is 27.6 Å². The molecule has 3 aromatic rings. The minimum Gasteiger partial charge on any atom is -0.431 e. The van der Waals surface area contributed by atoms with E-state index >= 15 is 0 Å². The fourth-order valence-corrected chi connectivity index (χ4v) is 2.60. The van der Waals surface area contributed by atoms with E-state index in [2.05, 4.69) is 9.97 Å². The maximum Gasteiger partial charge on any atom is 0.281 e. The number of hydrogen-bond acceptors (Lipinski definition) is 5. The molecular weight excluding hydrogens is 286 g/mol. The molecule has 2 aromatic heterocycles. The van der Waals surface area contributed by atoms with E-state index in [1.807, 2.05) is 12.1 Å². The third kappa shape index (κ3) is 2.85. The van der Waals surface area contributed by atoms with Gasteiger partial charge in [-0.05, 0) is 36.4 Å². The smallest absolute Gasteiger partial charge is 0.281 e. The number of nitrogens with zero attached hydrogens (tertiary/aromatic N) is 3. The minimum absolute atomic E-state index is 0.0364. The summed E-state index contributed by atoms with van der Waals surface area (Å²) in [4.78, 5) is 22.8. The third-order valence-electron chi connectivity index (χ3n) is 2.86. The van der Waals surface area contributed by atoms with Crippen LogP contribution in [0.4, 0.5) is 0 Å². The summed E-state index contributed by atoms with van der Waals surface area (Å²) >= 11 is 1.39. The molecule has 1 aromatic carbocycles. The van der Waals surface area contributed by atoms with Gasteiger partial charge in [0, 0.05) is 25.9 Å². The van der Waals surface area contributed by atoms with Crippen molar-refractivity contribution in [3.8, 4) is 10.9 Å². The van der Waals surface area contributed by atoms with Crippen LogP contribution in [0.15, 0.2) is 42.6 Å². The van der Waals surface area contributed by atoms with Crippen LogP contribution in [0.3, 0.4) is 0 Å². The summed E-state index contributed by atoms with van der Waals surface area (Å²) in [6.07, 6.45) is 1.73. The van der Waals surface area contributed by atoms with E-state index in [0.29, 0.717) is 16.5 Å². The van der Waals surface area contributed by atoms with Gasteiger partial charge in [-0.2, -0.15) is 0 Å². The van der Waals surface area contributed by atoms with Crippen LogP contribution in [-0.4, -0.2) is 34.9 Å². The Morgan fingerprint density at radius 2 is 1.95 bits per heavy atom. The van der Waals surface area contributed by atoms with Crippen LogP contribution < -0.4 is 4.74 Å². The van der Waals surface area contributed by atoms with Gasteiger partial charge < -0.3 is 9.64 Å². The second kappa shape index (κ2) is 5.49. The molecule has 0 aliphatic carbocycles. The molecule has 0 bridgehead atoms. The Bertz CT molecular complexity index is 748. The van der Waals surface area contributed by atoms with Crippen LogP contribution in [0.1, 0.15) is 10.4 Å². The zero-order valence-electron chi connectivity index (χ0n) is 11.6. The molecule has 106 valence electrons. The first kappa shape index (κ1) is 13.5. The first-order valence-corrected chi connectivity index (χ1v) is 7.16. The van der Waals surface area contributed by atoms with Gasteiger partial charge in [0.1, 0.15) is 16.1 Å². The van der Waals surface area contributed by atoms with Crippen LogP contribution in [0.2, 0.25) is 0 Å². The second-order valence-electron chi connectivity index (χ2n) is 4.63. The Kier molecular flexibility index (Phi) is 3.53. The van der Waals surface area contributed by atoms with Gasteiger partial charge in [-0.1, -0.05) is 11.3 Å². The molecule has 0 N–H and O–H groups in total. The van der Waals surface area contributed by atoms with Gasteiger partial charge in [-0.15, -0.1) is 0 Å². The number of carbonyl (C=O) groups excluding carboxylic acids is 1. The van der Waals surface area contributed by atoms with Crippen LogP contribution in [-0.2, 0) is 0 Å². The molecule has 0 spiro atoms. The predicted octanol–water partition coefficient (Wildman–Crippen LogP) is 3.19. The van der Waals surface area contributed by atoms with Gasteiger partial charge in [0.2, 0.25) is 0 Å². The highest BCUT2D eigenvalue weighted by molar-refractivity contribution is 7.19. The largest absolute Gasteiger partial charge is 0.431 e. The molecule has 0 radical (unpaired) electrons. The summed E-state index contributed by atoms with van der Waals surface area (Å²) in [7, 11) is 3.45. The Hall–Kier alpha value is -2.47. The van der Waals surface area contributed by atoms with Crippen molar-refractivity contribution in [2.45, 2.75) is 0 Å². The lowest BCUT2D eigenvalue weighted by atomic mass is 10.2. The molecular formula is C15H13N3O2S. The van der Waals surface area contributed by atoms with Gasteiger partial charge in [0.15, 0.2) is 0 Å². The van der Waals surface area contributed by atoms with E-state index in [4.69, 9.17) is 4.74 Å². The standard InChI is InChI=1S/C15H13N3O2S/c1-18(2)14(19)10-5-7-11(8-6-10)20-15-17-12-4-3-9-16-13(12)21-15/h3-9H,1-2H3. The molecule has 0 aliphatic rings. The number of hydrogen-bond donors (Lipinski definition) is 0. The first-order chi connectivity index (χ1) is 10.1. The van der Waals surface area contributed by atoms with Crippen LogP contribution >= 0.6 is 11.3 Å². The number of benzene rings is 1. The molecule has 0 saturated heterocycles. The van der Waals surface area contributed by atoms with Crippen LogP contribution in [0.5, 0.6) is 10.9 Å². The number of carbonyl (C=O) groups is 1. The number of thiazole rings is 1. The van der Waals surface area contributed by atoms with Crippen molar-refractivity contribution in [3.63, 3.8) is 0 Å². The fraction of sp³-hybridized carbons (Fsp3) is 0.133. The zero-order valence-corrected chi connectivity index (χ0v) is 12.4. The molecule has 0 saturated carbocycles. The molecule has 2 heterocycles. The Labute approximate surface area is 125 Å². The van der Waals surface area contributed by atoms with Crippen molar-refractivity contribution in [2.24, 2.45) is 0 Å². The highest BCUT2D eigenvalue weighted by Gasteiger charge is 2.09. The monoisotopic (exact) mass is 299 g/mol. The summed E-state index contributed by atoms with van der Waals surface area (Å²) in [5, 5.41) is 0.537. The molecule has 0 aliphatic heterocycles. The molecule has 5 nitrogen and oxygen atoms in total. The number of aromatic nitrogens is 2. The SMILES string of the molecule is CN(C)C(=O)c1ccc(Oc2nc3cccnc3s2)cc1. The van der Waals surface area contributed by atoms with Gasteiger partial charge in [0.25, 0.3) is 11.1 Å². The fourth-order valence-electron chi connectivity index (χ4n) is 1.82. The maximum atomic E-state index is 11.8. The van der Waals surface area contributed by atoms with Crippen molar-refractivity contribution in [2.75, 3.05) is 14.1 Å². The normalized spacial score (nSPS) is 10.6. The zero-order chi connectivity index (χ0) is 14.8. The number of fused-ring (bicyclic) bond motifs is 1. The molecule has 0 atom stereocenters. The number of pyridine rings is 1. The van der Waals surface area contributed by atoms with E-state index < -0.39 is 0 Å². The van der Waals surface area contributed by atoms with Crippen molar-refractivity contribution in [3.05, 3.63) is 48.2 Å². The predicted molar refractivity (Wildman–Crippen MR) is 81.9 cm³/mol. The lowest BCUT2D eigenvalue weighted by Crippen LogP contribution is -2.21. The molecule has 0 unspecified atom stereocenters. The van der Waals surface area contributed by atoms with Crippen molar-refractivity contribution in [1.29, 1.82) is 0 Å². The third-order valence-corrected chi connectivity index (χ3v) is 3.72. The summed E-state index contributed by atoms with van der Waals surface area (Å²) < 4.78 is 5.70. The molecule has 0 fully saturated rings. The summed E-state index contributed by atoms with van der Waals surface area (Å²) in [6.45, 7) is 0. The minimum atomic E-state index is -0.0364. The van der Waals surface area contributed by atoms with E-state index in [1.54, 1.807) is 44.6 Å². The summed E-state index contributed by atoms with van der Waals surface area (Å²) in [5.74, 6) is 0.607. The quantitative estimate of drug-likeness (QED) is 0.745. The van der Waals surface area contributed by atoms with Crippen molar-refractivity contribution < 1.29 is 9.53 Å². The number of amides is 1. The Morgan fingerprint density at radius 1 is 1.19 bits per heavy atom. The Balaban J connectivity index is 1.80. The van der Waals surface area contributed by atoms with Crippen LogP contribution in [0.25, 0.3) is 10.3 Å². The van der Waals surface area contributed by atoms with E-state index in [9.17, 15) is 4.79 Å². The average molecular weight is 299 g/mol. The average Bonchev–Trinajstić information content (AvgIpc) is 2.89. The first-order valence-electron chi connectivity index (χ1n) is 6.34. The number of ether oxygens (including phenoxy) is 1. The van der Waals surface area contributed by atoms with E-state index in [0.717, 1.165) is 10.3 Å². The van der Waals surface area contributed by atoms with E-state index in [-0.39, 0.29) is 5.91 Å². The van der Waals surface area contributed by atoms with Gasteiger partial charge in [0.05, 0.1) is 0 Å². The van der Waals surface area contributed by atoms with E-state index in [1.165, 1.54) is 16.2 Å². The molecule has 3 rings (SSSR count). The molecule has 6 heteroatoms. The van der Waals surface area contributed by atoms with Crippen molar-refractivity contribution in [1.82, 2.24) is 14.9 Å². The summed E-state index contributed by atoms with van der Waals surface area (Å²) in [5.41, 5.74) is 1.44. The highest BCUT2D eigenvalue weighted by Crippen LogP contribution is 2.29. The second-order valence-corrected chi connectivity index (χ2v) is 5.57. The molecule has 21 heavy (non-hydrogen) atoms. The van der Waals surface area contributed by atoms with Gasteiger partial charge >= 0.3 is 0 Å². The number of rotatable bonds is 3. The summed E-state index contributed by atoms with van der Waals surface area (Å²) in [6, 6.07) is 10.7. The molecule has 1 amide bonds. The lowest BCUT2D eigenvalue weighted by molar-refractivity contribution is 0.0827. The van der Waals surface area contributed by atoms with Crippen LogP contribution in [0, 0.1) is 0 Å². The van der Waals surface area contributed by atoms with Gasteiger partial charge in [-0.3, -0.25) is 4.79 Å². The lowest BCUT2D eigenvalue weighted by Gasteiger charge is -2.10.